The fourth-order valence-corrected chi connectivity index (χ4v) is 9.91. The van der Waals surface area contributed by atoms with Crippen LogP contribution in [0.3, 0.4) is 0 Å². The van der Waals surface area contributed by atoms with Crippen LogP contribution in [0, 0.1) is 0 Å². The zero-order valence-electron chi connectivity index (χ0n) is 34.2. The van der Waals surface area contributed by atoms with E-state index in [1.54, 1.807) is 0 Å². The molecule has 11 aromatic carbocycles. The summed E-state index contributed by atoms with van der Waals surface area (Å²) in [5.41, 5.74) is 7.79. The Hall–Kier alpha value is -6.50. The van der Waals surface area contributed by atoms with Gasteiger partial charge in [0, 0.05) is 0 Å². The van der Waals surface area contributed by atoms with E-state index in [-0.39, 0.29) is 10.8 Å². The predicted octanol–water partition coefficient (Wildman–Crippen LogP) is 16.8. The maximum absolute atomic E-state index is 2.52. The van der Waals surface area contributed by atoms with Crippen molar-refractivity contribution in [2.45, 2.75) is 52.4 Å². The highest BCUT2D eigenvalue weighted by Crippen LogP contribution is 2.51. The van der Waals surface area contributed by atoms with Gasteiger partial charge in [-0.25, -0.2) is 0 Å². The third-order valence-electron chi connectivity index (χ3n) is 12.9. The smallest absolute Gasteiger partial charge is 0.00198 e. The molecule has 0 spiro atoms. The Morgan fingerprint density at radius 1 is 0.259 bits per heavy atom. The molecule has 0 radical (unpaired) electrons. The highest BCUT2D eigenvalue weighted by atomic mass is 14.3. The molecule has 11 rings (SSSR count). The first-order valence-corrected chi connectivity index (χ1v) is 20.8. The van der Waals surface area contributed by atoms with Gasteiger partial charge in [-0.2, -0.15) is 0 Å². The Morgan fingerprint density at radius 3 is 1.00 bits per heavy atom. The molecule has 0 N–H and O–H groups in total. The van der Waals surface area contributed by atoms with Crippen LogP contribution in [0.25, 0.3) is 108 Å². The van der Waals surface area contributed by atoms with Crippen molar-refractivity contribution >= 4 is 86.2 Å². The van der Waals surface area contributed by atoms with E-state index in [0.717, 1.165) is 0 Å². The fraction of sp³-hybridized carbons (Fsp3) is 0.138. The molecule has 0 saturated carbocycles. The van der Waals surface area contributed by atoms with Crippen molar-refractivity contribution in [1.82, 2.24) is 0 Å². The summed E-state index contributed by atoms with van der Waals surface area (Å²) in [5.74, 6) is 0. The molecule has 0 aliphatic rings. The Bertz CT molecular complexity index is 3270. The highest BCUT2D eigenvalue weighted by Gasteiger charge is 2.25. The van der Waals surface area contributed by atoms with E-state index < -0.39 is 0 Å². The zero-order valence-corrected chi connectivity index (χ0v) is 34.2. The van der Waals surface area contributed by atoms with Crippen molar-refractivity contribution in [2.24, 2.45) is 0 Å². The molecule has 0 amide bonds. The lowest BCUT2D eigenvalue weighted by Crippen LogP contribution is -2.11. The normalized spacial score (nSPS) is 12.7. The molecule has 58 heavy (non-hydrogen) atoms. The number of benzene rings is 11. The summed E-state index contributed by atoms with van der Waals surface area (Å²) in [6.07, 6.45) is 0. The molecule has 11 aromatic rings. The lowest BCUT2D eigenvalue weighted by atomic mass is 9.78. The topological polar surface area (TPSA) is 0 Å². The van der Waals surface area contributed by atoms with E-state index in [1.165, 1.54) is 120 Å². The van der Waals surface area contributed by atoms with Gasteiger partial charge in [0.05, 0.1) is 0 Å². The molecule has 0 aliphatic carbocycles. The Labute approximate surface area is 340 Å². The number of fused-ring (bicyclic) bond motifs is 12. The van der Waals surface area contributed by atoms with E-state index >= 15 is 0 Å². The van der Waals surface area contributed by atoms with Gasteiger partial charge in [-0.1, -0.05) is 187 Å². The van der Waals surface area contributed by atoms with Crippen LogP contribution in [0.2, 0.25) is 0 Å². The highest BCUT2D eigenvalue weighted by molar-refractivity contribution is 6.31. The van der Waals surface area contributed by atoms with E-state index in [1.807, 2.05) is 0 Å². The van der Waals surface area contributed by atoms with E-state index in [4.69, 9.17) is 0 Å². The summed E-state index contributed by atoms with van der Waals surface area (Å²) < 4.78 is 0. The summed E-state index contributed by atoms with van der Waals surface area (Å²) in [7, 11) is 0. The number of rotatable bonds is 2. The quantitative estimate of drug-likeness (QED) is 0.122. The summed E-state index contributed by atoms with van der Waals surface area (Å²) in [6, 6.07) is 64.7. The SMILES string of the molecule is CC(C)(C)c1ccc2c(-c3cc4ccc5ccccc5c4c4ccccc34)c3cc(C(C)(C)C)ccc3c(-c3cc4ccc5ccccc5c4c4ccccc34)c2c1. The van der Waals surface area contributed by atoms with Crippen LogP contribution in [0.5, 0.6) is 0 Å². The summed E-state index contributed by atoms with van der Waals surface area (Å²) in [4.78, 5) is 0. The second kappa shape index (κ2) is 12.5. The van der Waals surface area contributed by atoms with E-state index in [2.05, 4.69) is 211 Å². The van der Waals surface area contributed by atoms with Crippen LogP contribution in [0.15, 0.2) is 170 Å². The zero-order chi connectivity index (χ0) is 39.5. The number of hydrogen-bond donors (Lipinski definition) is 0. The minimum Gasteiger partial charge on any atom is -0.0616 e. The van der Waals surface area contributed by atoms with Crippen molar-refractivity contribution in [1.29, 1.82) is 0 Å². The minimum atomic E-state index is -0.0300. The molecule has 0 heterocycles. The lowest BCUT2D eigenvalue weighted by molar-refractivity contribution is 0.590. The summed E-state index contributed by atoms with van der Waals surface area (Å²) >= 11 is 0. The molecule has 0 bridgehead atoms. The van der Waals surface area contributed by atoms with Gasteiger partial charge in [-0.05, 0) is 155 Å². The first kappa shape index (κ1) is 34.7. The fourth-order valence-electron chi connectivity index (χ4n) is 9.91. The largest absolute Gasteiger partial charge is 0.0616 e. The van der Waals surface area contributed by atoms with Gasteiger partial charge in [-0.15, -0.1) is 0 Å². The average molecular weight is 743 g/mol. The standard InChI is InChI=1S/C58H46/c1-57(2,3)39-27-29-47-51(33-39)55(49-31-37-25-23-35-15-7-9-17-41(35)53(37)45-21-13-11-19-43(45)49)48-30-28-40(58(4,5)6)34-52(48)56(47)50-32-38-26-24-36-16-8-10-18-42(36)54(38)46-22-14-12-20-44(46)50/h7-34H,1-6H3. The van der Waals surface area contributed by atoms with Gasteiger partial charge < -0.3 is 0 Å². The van der Waals surface area contributed by atoms with Gasteiger partial charge in [0.1, 0.15) is 0 Å². The predicted molar refractivity (Wildman–Crippen MR) is 255 cm³/mol. The molecule has 0 unspecified atom stereocenters. The second-order valence-electron chi connectivity index (χ2n) is 18.5. The van der Waals surface area contributed by atoms with Crippen LogP contribution in [0.1, 0.15) is 52.7 Å². The number of hydrogen-bond acceptors (Lipinski definition) is 0. The van der Waals surface area contributed by atoms with E-state index in [9.17, 15) is 0 Å². The van der Waals surface area contributed by atoms with Crippen LogP contribution in [-0.4, -0.2) is 0 Å². The van der Waals surface area contributed by atoms with Crippen molar-refractivity contribution < 1.29 is 0 Å². The maximum atomic E-state index is 2.52. The van der Waals surface area contributed by atoms with Crippen LogP contribution in [0.4, 0.5) is 0 Å². The molecule has 0 heteroatoms. The summed E-state index contributed by atoms with van der Waals surface area (Å²) in [5, 5.41) is 20.6. The first-order valence-electron chi connectivity index (χ1n) is 20.8. The monoisotopic (exact) mass is 742 g/mol. The lowest BCUT2D eigenvalue weighted by Gasteiger charge is -2.26. The Morgan fingerprint density at radius 2 is 0.603 bits per heavy atom. The van der Waals surface area contributed by atoms with Crippen LogP contribution >= 0.6 is 0 Å². The third kappa shape index (κ3) is 5.21. The first-order chi connectivity index (χ1) is 28.0. The molecule has 0 fully saturated rings. The van der Waals surface area contributed by atoms with Gasteiger partial charge in [0.15, 0.2) is 0 Å². The average Bonchev–Trinajstić information content (AvgIpc) is 3.23. The minimum absolute atomic E-state index is 0.0300. The van der Waals surface area contributed by atoms with Crippen LogP contribution in [-0.2, 0) is 10.8 Å². The third-order valence-corrected chi connectivity index (χ3v) is 12.9. The van der Waals surface area contributed by atoms with Gasteiger partial charge in [0.2, 0.25) is 0 Å². The Kier molecular flexibility index (Phi) is 7.48. The molecule has 0 aliphatic heterocycles. The van der Waals surface area contributed by atoms with Crippen molar-refractivity contribution in [3.63, 3.8) is 0 Å². The van der Waals surface area contributed by atoms with Crippen molar-refractivity contribution in [2.75, 3.05) is 0 Å². The van der Waals surface area contributed by atoms with Gasteiger partial charge in [0.25, 0.3) is 0 Å². The van der Waals surface area contributed by atoms with E-state index in [0.29, 0.717) is 0 Å². The van der Waals surface area contributed by atoms with Crippen molar-refractivity contribution in [3.05, 3.63) is 181 Å². The molecule has 0 aromatic heterocycles. The molecular weight excluding hydrogens is 697 g/mol. The van der Waals surface area contributed by atoms with Crippen molar-refractivity contribution in [3.8, 4) is 22.3 Å². The molecule has 0 atom stereocenters. The van der Waals surface area contributed by atoms with Crippen LogP contribution < -0.4 is 0 Å². The Balaban J connectivity index is 1.36. The molecule has 0 saturated heterocycles. The van der Waals surface area contributed by atoms with Gasteiger partial charge in [-0.3, -0.25) is 0 Å². The maximum Gasteiger partial charge on any atom is -0.00198 e. The summed E-state index contributed by atoms with van der Waals surface area (Å²) in [6.45, 7) is 14.0. The molecular formula is C58H46. The molecule has 278 valence electrons. The second-order valence-corrected chi connectivity index (χ2v) is 18.5. The van der Waals surface area contributed by atoms with Gasteiger partial charge >= 0.3 is 0 Å². The molecule has 0 nitrogen and oxygen atoms in total.